The standard InChI is InChI=1S/C47H68N2O6/c1-3-5-7-9-11-15-30-49(31-16-12-10-8-6-4-2)35-43-33-44(40-24-22-37(36-50)23-25-40)55-47(54-43)41-28-26-39(27-29-41)42-19-17-18-38(32-42)34-48-45(51)20-13-14-21-46(52)53/h17-19,22-29,32,43-44,47,50H,3-16,20-21,30-31,33-36H2,1-2H3,(H,48,51)(H,52,53)/t43-,44+,47+/m0/s1. The molecule has 3 aromatic rings. The molecular weight excluding hydrogens is 689 g/mol. The Kier molecular flexibility index (Phi) is 20.5. The Labute approximate surface area is 331 Å². The number of nitrogens with one attached hydrogen (secondary N) is 1. The molecule has 1 amide bonds. The highest BCUT2D eigenvalue weighted by atomic mass is 16.7. The first kappa shape index (κ1) is 44.2. The molecule has 1 saturated heterocycles. The maximum Gasteiger partial charge on any atom is 0.303 e. The van der Waals surface area contributed by atoms with E-state index in [1.165, 1.54) is 77.0 Å². The number of aliphatic hydroxyl groups is 1. The molecule has 8 heteroatoms. The fourth-order valence-corrected chi connectivity index (χ4v) is 7.39. The Hall–Kier alpha value is -3.56. The first-order chi connectivity index (χ1) is 26.9. The minimum absolute atomic E-state index is 0.0187. The number of aliphatic hydroxyl groups excluding tert-OH is 1. The second kappa shape index (κ2) is 25.6. The molecule has 302 valence electrons. The van der Waals surface area contributed by atoms with Crippen LogP contribution < -0.4 is 5.32 Å². The van der Waals surface area contributed by atoms with Gasteiger partial charge in [-0.3, -0.25) is 9.59 Å². The van der Waals surface area contributed by atoms with Gasteiger partial charge in [0, 0.05) is 37.9 Å². The van der Waals surface area contributed by atoms with Crippen molar-refractivity contribution in [1.82, 2.24) is 10.2 Å². The quantitative estimate of drug-likeness (QED) is 0.0665. The molecular formula is C47H68N2O6. The molecule has 0 radical (unpaired) electrons. The summed E-state index contributed by atoms with van der Waals surface area (Å²) in [5.41, 5.74) is 6.11. The number of aliphatic carboxylic acids is 1. The summed E-state index contributed by atoms with van der Waals surface area (Å²) in [6, 6.07) is 24.7. The first-order valence-electron chi connectivity index (χ1n) is 21.3. The lowest BCUT2D eigenvalue weighted by molar-refractivity contribution is -0.253. The Morgan fingerprint density at radius 1 is 0.691 bits per heavy atom. The van der Waals surface area contributed by atoms with Crippen LogP contribution >= 0.6 is 0 Å². The van der Waals surface area contributed by atoms with E-state index in [2.05, 4.69) is 72.6 Å². The number of benzene rings is 3. The molecule has 0 saturated carbocycles. The largest absolute Gasteiger partial charge is 0.481 e. The average molecular weight is 757 g/mol. The van der Waals surface area contributed by atoms with Crippen LogP contribution in [0.5, 0.6) is 0 Å². The van der Waals surface area contributed by atoms with E-state index in [1.54, 1.807) is 0 Å². The topological polar surface area (TPSA) is 108 Å². The van der Waals surface area contributed by atoms with Gasteiger partial charge in [-0.25, -0.2) is 0 Å². The van der Waals surface area contributed by atoms with Gasteiger partial charge in [0.15, 0.2) is 6.29 Å². The molecule has 0 spiro atoms. The SMILES string of the molecule is CCCCCCCCN(CCCCCCCC)C[C@@H]1C[C@H](c2ccc(CO)cc2)O[C@H](c2ccc(-c3cccc(CNC(=O)CCCCC(=O)O)c3)cc2)O1. The molecule has 4 rings (SSSR count). The van der Waals surface area contributed by atoms with E-state index in [0.29, 0.717) is 25.8 Å². The third kappa shape index (κ3) is 16.6. The second-order valence-electron chi connectivity index (χ2n) is 15.4. The van der Waals surface area contributed by atoms with Crippen molar-refractivity contribution in [3.63, 3.8) is 0 Å². The Balaban J connectivity index is 1.43. The van der Waals surface area contributed by atoms with Crippen molar-refractivity contribution in [3.8, 4) is 11.1 Å². The third-order valence-electron chi connectivity index (χ3n) is 10.7. The fourth-order valence-electron chi connectivity index (χ4n) is 7.39. The number of carboxylic acids is 1. The first-order valence-corrected chi connectivity index (χ1v) is 21.3. The molecule has 3 atom stereocenters. The zero-order valence-electron chi connectivity index (χ0n) is 33.7. The number of nitrogens with zero attached hydrogens (tertiary/aromatic N) is 1. The highest BCUT2D eigenvalue weighted by Crippen LogP contribution is 2.39. The predicted molar refractivity (Wildman–Crippen MR) is 221 cm³/mol. The van der Waals surface area contributed by atoms with E-state index >= 15 is 0 Å². The van der Waals surface area contributed by atoms with Crippen LogP contribution in [0.1, 0.15) is 158 Å². The Morgan fingerprint density at radius 2 is 1.31 bits per heavy atom. The van der Waals surface area contributed by atoms with Crippen molar-refractivity contribution < 1.29 is 29.3 Å². The third-order valence-corrected chi connectivity index (χ3v) is 10.7. The van der Waals surface area contributed by atoms with Crippen LogP contribution in [0, 0.1) is 0 Å². The predicted octanol–water partition coefficient (Wildman–Crippen LogP) is 10.7. The van der Waals surface area contributed by atoms with E-state index in [0.717, 1.165) is 59.4 Å². The van der Waals surface area contributed by atoms with E-state index in [9.17, 15) is 14.7 Å². The zero-order chi connectivity index (χ0) is 39.1. The summed E-state index contributed by atoms with van der Waals surface area (Å²) in [5, 5.41) is 21.4. The molecule has 55 heavy (non-hydrogen) atoms. The van der Waals surface area contributed by atoms with E-state index in [-0.39, 0.29) is 31.1 Å². The Morgan fingerprint density at radius 3 is 1.95 bits per heavy atom. The van der Waals surface area contributed by atoms with E-state index < -0.39 is 12.3 Å². The minimum atomic E-state index is -0.831. The molecule has 8 nitrogen and oxygen atoms in total. The van der Waals surface area contributed by atoms with Gasteiger partial charge in [-0.1, -0.05) is 145 Å². The highest BCUT2D eigenvalue weighted by Gasteiger charge is 2.33. The van der Waals surface area contributed by atoms with Crippen LogP contribution in [0.4, 0.5) is 0 Å². The van der Waals surface area contributed by atoms with Gasteiger partial charge in [0.2, 0.25) is 5.91 Å². The number of unbranched alkanes of at least 4 members (excludes halogenated alkanes) is 11. The molecule has 0 bridgehead atoms. The smallest absolute Gasteiger partial charge is 0.303 e. The van der Waals surface area contributed by atoms with Crippen LogP contribution in [0.3, 0.4) is 0 Å². The van der Waals surface area contributed by atoms with Crippen molar-refractivity contribution in [2.45, 2.75) is 155 Å². The summed E-state index contributed by atoms with van der Waals surface area (Å²) in [6.45, 7) is 8.08. The summed E-state index contributed by atoms with van der Waals surface area (Å²) < 4.78 is 13.5. The molecule has 1 aliphatic rings. The number of ether oxygens (including phenoxy) is 2. The normalized spacial score (nSPS) is 17.1. The van der Waals surface area contributed by atoms with Crippen LogP contribution in [0.15, 0.2) is 72.8 Å². The van der Waals surface area contributed by atoms with Gasteiger partial charge in [-0.15, -0.1) is 0 Å². The maximum atomic E-state index is 12.3. The lowest BCUT2D eigenvalue weighted by atomic mass is 9.98. The highest BCUT2D eigenvalue weighted by molar-refractivity contribution is 5.76. The summed E-state index contributed by atoms with van der Waals surface area (Å²) >= 11 is 0. The van der Waals surface area contributed by atoms with Gasteiger partial charge in [-0.2, -0.15) is 0 Å². The van der Waals surface area contributed by atoms with Gasteiger partial charge in [-0.05, 0) is 72.7 Å². The second-order valence-corrected chi connectivity index (χ2v) is 15.4. The molecule has 0 unspecified atom stereocenters. The number of carbonyl (C=O) groups is 2. The van der Waals surface area contributed by atoms with E-state index in [4.69, 9.17) is 14.6 Å². The average Bonchev–Trinajstić information content (AvgIpc) is 3.21. The number of hydrogen-bond acceptors (Lipinski definition) is 6. The summed E-state index contributed by atoms with van der Waals surface area (Å²) in [6.07, 6.45) is 17.1. The number of carbonyl (C=O) groups excluding carboxylic acids is 1. The van der Waals surface area contributed by atoms with Crippen molar-refractivity contribution in [2.24, 2.45) is 0 Å². The summed E-state index contributed by atoms with van der Waals surface area (Å²) in [7, 11) is 0. The number of hydrogen-bond donors (Lipinski definition) is 3. The number of rotatable bonds is 27. The van der Waals surface area contributed by atoms with Crippen LogP contribution in [-0.4, -0.2) is 52.7 Å². The summed E-state index contributed by atoms with van der Waals surface area (Å²) in [5.74, 6) is -0.899. The van der Waals surface area contributed by atoms with Crippen molar-refractivity contribution in [2.75, 3.05) is 19.6 Å². The van der Waals surface area contributed by atoms with Crippen LogP contribution in [-0.2, 0) is 32.2 Å². The molecule has 1 heterocycles. The van der Waals surface area contributed by atoms with Crippen molar-refractivity contribution >= 4 is 11.9 Å². The lowest BCUT2D eigenvalue weighted by Crippen LogP contribution is -2.40. The van der Waals surface area contributed by atoms with Crippen molar-refractivity contribution in [1.29, 1.82) is 0 Å². The molecule has 0 aliphatic carbocycles. The minimum Gasteiger partial charge on any atom is -0.481 e. The van der Waals surface area contributed by atoms with Gasteiger partial charge in [0.05, 0.1) is 18.8 Å². The van der Waals surface area contributed by atoms with Gasteiger partial charge in [0.1, 0.15) is 0 Å². The molecule has 0 aromatic heterocycles. The van der Waals surface area contributed by atoms with Gasteiger partial charge < -0.3 is 29.9 Å². The lowest BCUT2D eigenvalue weighted by Gasteiger charge is -2.38. The van der Waals surface area contributed by atoms with Gasteiger partial charge in [0.25, 0.3) is 0 Å². The molecule has 3 aromatic carbocycles. The van der Waals surface area contributed by atoms with E-state index in [1.807, 2.05) is 24.3 Å². The zero-order valence-corrected chi connectivity index (χ0v) is 33.7. The number of amides is 1. The molecule has 1 fully saturated rings. The Bertz CT molecular complexity index is 1490. The van der Waals surface area contributed by atoms with Crippen molar-refractivity contribution in [3.05, 3.63) is 95.1 Å². The summed E-state index contributed by atoms with van der Waals surface area (Å²) in [4.78, 5) is 25.7. The number of carboxylic acid groups (broad SMARTS) is 1. The van der Waals surface area contributed by atoms with Crippen LogP contribution in [0.2, 0.25) is 0 Å². The monoisotopic (exact) mass is 757 g/mol. The fraction of sp³-hybridized carbons (Fsp3) is 0.574. The maximum absolute atomic E-state index is 12.3. The molecule has 3 N–H and O–H groups in total. The van der Waals surface area contributed by atoms with Crippen LogP contribution in [0.25, 0.3) is 11.1 Å². The van der Waals surface area contributed by atoms with Gasteiger partial charge >= 0.3 is 5.97 Å². The molecule has 1 aliphatic heterocycles.